The standard InChI is InChI=1S/C21H22F2N2O2/c22-16-6-14(7-17(23)9-16)8-21(26)24-18-10-19-13-27-20(12-25(19)11-18)15-4-2-1-3-5-15/h1-7,9,18-20H,8,10-13H2,(H,24,26)/t18-,19+,20-/m1/s1. The van der Waals surface area contributed by atoms with Crippen LogP contribution in [0.15, 0.2) is 48.5 Å². The first-order chi connectivity index (χ1) is 13.1. The Labute approximate surface area is 157 Å². The zero-order chi connectivity index (χ0) is 18.8. The molecule has 3 atom stereocenters. The van der Waals surface area contributed by atoms with E-state index in [9.17, 15) is 13.6 Å². The van der Waals surface area contributed by atoms with E-state index in [0.717, 1.165) is 31.1 Å². The number of fused-ring (bicyclic) bond motifs is 1. The van der Waals surface area contributed by atoms with Gasteiger partial charge in [-0.3, -0.25) is 9.69 Å². The molecule has 4 nitrogen and oxygen atoms in total. The van der Waals surface area contributed by atoms with Gasteiger partial charge in [0.25, 0.3) is 0 Å². The molecule has 2 fully saturated rings. The maximum atomic E-state index is 13.3. The predicted molar refractivity (Wildman–Crippen MR) is 97.1 cm³/mol. The average Bonchev–Trinajstić information content (AvgIpc) is 3.02. The molecule has 142 valence electrons. The number of hydrogen-bond donors (Lipinski definition) is 1. The molecule has 0 spiro atoms. The second-order valence-corrected chi connectivity index (χ2v) is 7.29. The van der Waals surface area contributed by atoms with E-state index in [1.807, 2.05) is 18.2 Å². The Morgan fingerprint density at radius 1 is 1.11 bits per heavy atom. The highest BCUT2D eigenvalue weighted by atomic mass is 19.1. The molecule has 0 aromatic heterocycles. The minimum Gasteiger partial charge on any atom is -0.371 e. The van der Waals surface area contributed by atoms with E-state index < -0.39 is 11.6 Å². The maximum absolute atomic E-state index is 13.3. The molecule has 27 heavy (non-hydrogen) atoms. The molecular weight excluding hydrogens is 350 g/mol. The number of benzene rings is 2. The summed E-state index contributed by atoms with van der Waals surface area (Å²) in [7, 11) is 0. The van der Waals surface area contributed by atoms with E-state index in [4.69, 9.17) is 4.74 Å². The van der Waals surface area contributed by atoms with Crippen LogP contribution in [0, 0.1) is 11.6 Å². The number of carbonyl (C=O) groups is 1. The Balaban J connectivity index is 1.32. The van der Waals surface area contributed by atoms with Crippen molar-refractivity contribution in [2.45, 2.75) is 31.0 Å². The molecule has 6 heteroatoms. The molecule has 0 radical (unpaired) electrons. The van der Waals surface area contributed by atoms with Crippen molar-refractivity contribution >= 4 is 5.91 Å². The van der Waals surface area contributed by atoms with Crippen LogP contribution < -0.4 is 5.32 Å². The molecule has 4 rings (SSSR count). The maximum Gasteiger partial charge on any atom is 0.224 e. The van der Waals surface area contributed by atoms with E-state index >= 15 is 0 Å². The van der Waals surface area contributed by atoms with Gasteiger partial charge in [0, 0.05) is 31.2 Å². The number of rotatable bonds is 4. The third-order valence-electron chi connectivity index (χ3n) is 5.24. The van der Waals surface area contributed by atoms with Gasteiger partial charge >= 0.3 is 0 Å². The second-order valence-electron chi connectivity index (χ2n) is 7.29. The Bertz CT molecular complexity index is 795. The van der Waals surface area contributed by atoms with Crippen molar-refractivity contribution in [3.8, 4) is 0 Å². The molecule has 2 saturated heterocycles. The van der Waals surface area contributed by atoms with Gasteiger partial charge in [-0.2, -0.15) is 0 Å². The lowest BCUT2D eigenvalue weighted by Crippen LogP contribution is -2.43. The minimum atomic E-state index is -0.667. The van der Waals surface area contributed by atoms with Crippen LogP contribution in [-0.2, 0) is 16.0 Å². The molecule has 2 aromatic rings. The molecule has 0 saturated carbocycles. The van der Waals surface area contributed by atoms with E-state index in [-0.39, 0.29) is 24.5 Å². The Hall–Kier alpha value is -2.31. The SMILES string of the molecule is O=C(Cc1cc(F)cc(F)c1)N[C@@H]1C[C@H]2CO[C@@H](c3ccccc3)CN2C1. The first-order valence-electron chi connectivity index (χ1n) is 9.22. The molecule has 0 aliphatic carbocycles. The molecule has 2 aliphatic rings. The van der Waals surface area contributed by atoms with E-state index in [1.54, 1.807) is 0 Å². The topological polar surface area (TPSA) is 41.6 Å². The van der Waals surface area contributed by atoms with E-state index in [1.165, 1.54) is 12.1 Å². The molecule has 1 amide bonds. The summed E-state index contributed by atoms with van der Waals surface area (Å²) in [5.74, 6) is -1.55. The van der Waals surface area contributed by atoms with Gasteiger partial charge in [-0.25, -0.2) is 8.78 Å². The van der Waals surface area contributed by atoms with E-state index in [2.05, 4.69) is 22.3 Å². The summed E-state index contributed by atoms with van der Waals surface area (Å²) in [5, 5.41) is 3.00. The number of carbonyl (C=O) groups excluding carboxylic acids is 1. The Kier molecular flexibility index (Phi) is 5.18. The molecule has 0 unspecified atom stereocenters. The summed E-state index contributed by atoms with van der Waals surface area (Å²) in [5.41, 5.74) is 1.50. The van der Waals surface area contributed by atoms with Gasteiger partial charge in [0.1, 0.15) is 11.6 Å². The van der Waals surface area contributed by atoms with Crippen molar-refractivity contribution in [2.75, 3.05) is 19.7 Å². The normalized spacial score (nSPS) is 25.2. The Morgan fingerprint density at radius 3 is 2.59 bits per heavy atom. The first-order valence-corrected chi connectivity index (χ1v) is 9.22. The smallest absolute Gasteiger partial charge is 0.224 e. The van der Waals surface area contributed by atoms with Crippen LogP contribution in [0.3, 0.4) is 0 Å². The van der Waals surface area contributed by atoms with Crippen molar-refractivity contribution in [1.82, 2.24) is 10.2 Å². The molecular formula is C21H22F2N2O2. The summed E-state index contributed by atoms with van der Waals surface area (Å²) in [4.78, 5) is 14.6. The van der Waals surface area contributed by atoms with Crippen LogP contribution in [0.5, 0.6) is 0 Å². The fraction of sp³-hybridized carbons (Fsp3) is 0.381. The summed E-state index contributed by atoms with van der Waals surface area (Å²) in [6.45, 7) is 2.21. The fourth-order valence-corrected chi connectivity index (χ4v) is 4.03. The molecule has 0 bridgehead atoms. The number of amides is 1. The first kappa shape index (κ1) is 18.1. The van der Waals surface area contributed by atoms with Gasteiger partial charge in [0.05, 0.1) is 19.1 Å². The molecule has 2 aromatic carbocycles. The fourth-order valence-electron chi connectivity index (χ4n) is 4.03. The largest absolute Gasteiger partial charge is 0.371 e. The van der Waals surface area contributed by atoms with Gasteiger partial charge < -0.3 is 10.1 Å². The van der Waals surface area contributed by atoms with Gasteiger partial charge in [0.2, 0.25) is 5.91 Å². The van der Waals surface area contributed by atoms with Crippen LogP contribution in [-0.4, -0.2) is 42.6 Å². The number of hydrogen-bond acceptors (Lipinski definition) is 3. The number of nitrogens with zero attached hydrogens (tertiary/aromatic N) is 1. The second kappa shape index (κ2) is 7.74. The number of ether oxygens (including phenoxy) is 1. The molecule has 2 aliphatic heterocycles. The number of halogens is 2. The van der Waals surface area contributed by atoms with Gasteiger partial charge in [0.15, 0.2) is 0 Å². The van der Waals surface area contributed by atoms with Crippen molar-refractivity contribution in [2.24, 2.45) is 0 Å². The lowest BCUT2D eigenvalue weighted by molar-refractivity contribution is -0.121. The third kappa shape index (κ3) is 4.34. The predicted octanol–water partition coefficient (Wildman–Crippen LogP) is 2.84. The lowest BCUT2D eigenvalue weighted by atomic mass is 10.1. The highest BCUT2D eigenvalue weighted by Gasteiger charge is 2.38. The zero-order valence-corrected chi connectivity index (χ0v) is 14.9. The van der Waals surface area contributed by atoms with E-state index in [0.29, 0.717) is 18.2 Å². The highest BCUT2D eigenvalue weighted by molar-refractivity contribution is 5.78. The quantitative estimate of drug-likeness (QED) is 0.897. The lowest BCUT2D eigenvalue weighted by Gasteiger charge is -2.35. The molecule has 2 heterocycles. The average molecular weight is 372 g/mol. The van der Waals surface area contributed by atoms with Crippen molar-refractivity contribution in [1.29, 1.82) is 0 Å². The third-order valence-corrected chi connectivity index (χ3v) is 5.24. The summed E-state index contributed by atoms with van der Waals surface area (Å²) in [6, 6.07) is 13.6. The van der Waals surface area contributed by atoms with Gasteiger partial charge in [-0.05, 0) is 29.7 Å². The zero-order valence-electron chi connectivity index (χ0n) is 14.9. The van der Waals surface area contributed by atoms with Crippen LogP contribution in [0.4, 0.5) is 8.78 Å². The number of nitrogens with one attached hydrogen (secondary N) is 1. The summed E-state index contributed by atoms with van der Waals surface area (Å²) in [6.07, 6.45) is 0.844. The van der Waals surface area contributed by atoms with Crippen LogP contribution >= 0.6 is 0 Å². The van der Waals surface area contributed by atoms with Crippen molar-refractivity contribution in [3.05, 3.63) is 71.3 Å². The van der Waals surface area contributed by atoms with Crippen LogP contribution in [0.25, 0.3) is 0 Å². The van der Waals surface area contributed by atoms with Crippen molar-refractivity contribution in [3.63, 3.8) is 0 Å². The highest BCUT2D eigenvalue weighted by Crippen LogP contribution is 2.30. The molecule has 1 N–H and O–H groups in total. The van der Waals surface area contributed by atoms with Crippen LogP contribution in [0.1, 0.15) is 23.7 Å². The number of morpholine rings is 1. The Morgan fingerprint density at radius 2 is 1.85 bits per heavy atom. The monoisotopic (exact) mass is 372 g/mol. The van der Waals surface area contributed by atoms with Crippen LogP contribution in [0.2, 0.25) is 0 Å². The minimum absolute atomic E-state index is 0.0269. The summed E-state index contributed by atoms with van der Waals surface area (Å²) < 4.78 is 32.6. The van der Waals surface area contributed by atoms with Crippen molar-refractivity contribution < 1.29 is 18.3 Å². The van der Waals surface area contributed by atoms with Gasteiger partial charge in [-0.1, -0.05) is 30.3 Å². The summed E-state index contributed by atoms with van der Waals surface area (Å²) >= 11 is 0. The van der Waals surface area contributed by atoms with Gasteiger partial charge in [-0.15, -0.1) is 0 Å².